The molecule has 0 spiro atoms. The van der Waals surface area contributed by atoms with Crippen molar-refractivity contribution in [3.8, 4) is 0 Å². The maximum Gasteiger partial charge on any atom is 0.226 e. The van der Waals surface area contributed by atoms with Crippen LogP contribution >= 0.6 is 0 Å². The van der Waals surface area contributed by atoms with E-state index < -0.39 is 0 Å². The van der Waals surface area contributed by atoms with Crippen LogP contribution < -0.4 is 11.1 Å². The maximum absolute atomic E-state index is 12.2. The molecule has 1 aliphatic heterocycles. The lowest BCUT2D eigenvalue weighted by Crippen LogP contribution is -2.56. The van der Waals surface area contributed by atoms with E-state index in [9.17, 15) is 4.79 Å². The Balaban J connectivity index is 1.87. The van der Waals surface area contributed by atoms with Crippen LogP contribution in [0.15, 0.2) is 0 Å². The van der Waals surface area contributed by atoms with Gasteiger partial charge >= 0.3 is 0 Å². The van der Waals surface area contributed by atoms with Crippen molar-refractivity contribution in [3.05, 3.63) is 0 Å². The number of carbonyl (C=O) groups excluding carboxylic acids is 1. The van der Waals surface area contributed by atoms with Gasteiger partial charge in [0.05, 0.1) is 18.1 Å². The fourth-order valence-corrected chi connectivity index (χ4v) is 2.91. The van der Waals surface area contributed by atoms with Gasteiger partial charge in [-0.2, -0.15) is 0 Å². The van der Waals surface area contributed by atoms with E-state index in [4.69, 9.17) is 10.5 Å². The molecule has 0 bridgehead atoms. The molecule has 1 amide bonds. The molecule has 0 aromatic carbocycles. The van der Waals surface area contributed by atoms with Gasteiger partial charge in [0.1, 0.15) is 0 Å². The summed E-state index contributed by atoms with van der Waals surface area (Å²) in [4.78, 5) is 12.2. The van der Waals surface area contributed by atoms with Gasteiger partial charge in [0, 0.05) is 12.1 Å². The van der Waals surface area contributed by atoms with Crippen molar-refractivity contribution in [3.63, 3.8) is 0 Å². The molecule has 1 aliphatic carbocycles. The topological polar surface area (TPSA) is 64.3 Å². The Morgan fingerprint density at radius 2 is 2.00 bits per heavy atom. The second-order valence-electron chi connectivity index (χ2n) is 5.86. The fourth-order valence-electron chi connectivity index (χ4n) is 2.91. The number of nitrogens with one attached hydrogen (secondary N) is 1. The zero-order valence-corrected chi connectivity index (χ0v) is 11.0. The number of rotatable bonds is 3. The summed E-state index contributed by atoms with van der Waals surface area (Å²) in [5.74, 6) is 0.347. The second kappa shape index (κ2) is 4.58. The zero-order chi connectivity index (χ0) is 12.6. The van der Waals surface area contributed by atoms with E-state index in [2.05, 4.69) is 12.2 Å². The van der Waals surface area contributed by atoms with E-state index in [1.165, 1.54) is 6.42 Å². The number of hydrogen-bond donors (Lipinski definition) is 2. The van der Waals surface area contributed by atoms with Crippen molar-refractivity contribution < 1.29 is 9.53 Å². The molecule has 98 valence electrons. The van der Waals surface area contributed by atoms with Gasteiger partial charge in [0.25, 0.3) is 0 Å². The zero-order valence-electron chi connectivity index (χ0n) is 11.0. The molecule has 1 saturated carbocycles. The van der Waals surface area contributed by atoms with Crippen LogP contribution in [0, 0.1) is 11.8 Å². The number of hydrogen-bond acceptors (Lipinski definition) is 3. The molecule has 1 heterocycles. The third-order valence-electron chi connectivity index (χ3n) is 4.51. The lowest BCUT2D eigenvalue weighted by Gasteiger charge is -2.38. The summed E-state index contributed by atoms with van der Waals surface area (Å²) in [5.41, 5.74) is 5.95. The fraction of sp³-hybridized carbons (Fsp3) is 0.923. The first-order valence-corrected chi connectivity index (χ1v) is 6.65. The summed E-state index contributed by atoms with van der Waals surface area (Å²) in [6.45, 7) is 6.70. The molecule has 4 nitrogen and oxygen atoms in total. The second-order valence-corrected chi connectivity index (χ2v) is 5.86. The van der Waals surface area contributed by atoms with Crippen molar-refractivity contribution >= 4 is 5.91 Å². The number of ether oxygens (including phenoxy) is 1. The molecular formula is C13H24N2O2. The summed E-state index contributed by atoms with van der Waals surface area (Å²) >= 11 is 0. The van der Waals surface area contributed by atoms with Gasteiger partial charge in [-0.1, -0.05) is 6.92 Å². The van der Waals surface area contributed by atoms with Crippen LogP contribution in [0.1, 0.15) is 40.0 Å². The minimum Gasteiger partial charge on any atom is -0.374 e. The highest BCUT2D eigenvalue weighted by atomic mass is 16.5. The molecule has 1 saturated heterocycles. The predicted octanol–water partition coefficient (Wildman–Crippen LogP) is 1.04. The molecule has 0 aromatic rings. The SMILES string of the molecule is CC1OC(C)C(C(=O)NCC2(N)CCC2)C1C. The van der Waals surface area contributed by atoms with E-state index in [1.54, 1.807) is 0 Å². The highest BCUT2D eigenvalue weighted by molar-refractivity contribution is 5.80. The first-order chi connectivity index (χ1) is 7.93. The van der Waals surface area contributed by atoms with Gasteiger partial charge in [0.15, 0.2) is 0 Å². The molecule has 4 atom stereocenters. The highest BCUT2D eigenvalue weighted by Gasteiger charge is 2.42. The van der Waals surface area contributed by atoms with Crippen LogP contribution in [0.25, 0.3) is 0 Å². The summed E-state index contributed by atoms with van der Waals surface area (Å²) in [7, 11) is 0. The lowest BCUT2D eigenvalue weighted by molar-refractivity contribution is -0.127. The predicted molar refractivity (Wildman–Crippen MR) is 66.4 cm³/mol. The molecular weight excluding hydrogens is 216 g/mol. The van der Waals surface area contributed by atoms with E-state index in [-0.39, 0.29) is 35.5 Å². The van der Waals surface area contributed by atoms with Gasteiger partial charge in [-0.3, -0.25) is 4.79 Å². The van der Waals surface area contributed by atoms with Gasteiger partial charge in [-0.25, -0.2) is 0 Å². The summed E-state index contributed by atoms with van der Waals surface area (Å²) < 4.78 is 5.69. The van der Waals surface area contributed by atoms with Crippen LogP contribution in [0.4, 0.5) is 0 Å². The first kappa shape index (κ1) is 12.8. The molecule has 2 rings (SSSR count). The van der Waals surface area contributed by atoms with Gasteiger partial charge < -0.3 is 15.8 Å². The molecule has 4 unspecified atom stereocenters. The third kappa shape index (κ3) is 2.47. The van der Waals surface area contributed by atoms with Gasteiger partial charge in [-0.15, -0.1) is 0 Å². The molecule has 4 heteroatoms. The first-order valence-electron chi connectivity index (χ1n) is 6.65. The van der Waals surface area contributed by atoms with Crippen molar-refractivity contribution in [1.29, 1.82) is 0 Å². The van der Waals surface area contributed by atoms with Crippen LogP contribution in [0.2, 0.25) is 0 Å². The van der Waals surface area contributed by atoms with Crippen molar-refractivity contribution in [1.82, 2.24) is 5.32 Å². The Hall–Kier alpha value is -0.610. The van der Waals surface area contributed by atoms with Crippen LogP contribution in [0.5, 0.6) is 0 Å². The smallest absolute Gasteiger partial charge is 0.226 e. The minimum absolute atomic E-state index is 0.00937. The monoisotopic (exact) mass is 240 g/mol. The van der Waals surface area contributed by atoms with Crippen LogP contribution in [0.3, 0.4) is 0 Å². The molecule has 2 fully saturated rings. The molecule has 0 aromatic heterocycles. The Morgan fingerprint density at radius 3 is 2.41 bits per heavy atom. The molecule has 2 aliphatic rings. The minimum atomic E-state index is -0.146. The number of nitrogens with two attached hydrogens (primary N) is 1. The Morgan fingerprint density at radius 1 is 1.35 bits per heavy atom. The standard InChI is InChI=1S/C13H24N2O2/c1-8-9(2)17-10(3)11(8)12(16)15-7-13(14)5-4-6-13/h8-11H,4-7,14H2,1-3H3,(H,15,16). The van der Waals surface area contributed by atoms with Gasteiger partial charge in [-0.05, 0) is 39.0 Å². The van der Waals surface area contributed by atoms with E-state index in [0.29, 0.717) is 6.54 Å². The Bertz CT molecular complexity index is 302. The van der Waals surface area contributed by atoms with Crippen LogP contribution in [-0.2, 0) is 9.53 Å². The maximum atomic E-state index is 12.2. The average Bonchev–Trinajstić information content (AvgIpc) is 2.47. The summed E-state index contributed by atoms with van der Waals surface area (Å²) in [6, 6.07) is 0. The number of amides is 1. The third-order valence-corrected chi connectivity index (χ3v) is 4.51. The summed E-state index contributed by atoms with van der Waals surface area (Å²) in [6.07, 6.45) is 3.40. The number of carbonyl (C=O) groups is 1. The average molecular weight is 240 g/mol. The Kier molecular flexibility index (Phi) is 3.46. The normalized spacial score (nSPS) is 39.8. The largest absolute Gasteiger partial charge is 0.374 e. The van der Waals surface area contributed by atoms with Crippen molar-refractivity contribution in [2.75, 3.05) is 6.54 Å². The quantitative estimate of drug-likeness (QED) is 0.775. The van der Waals surface area contributed by atoms with E-state index >= 15 is 0 Å². The van der Waals surface area contributed by atoms with E-state index in [1.807, 2.05) is 13.8 Å². The van der Waals surface area contributed by atoms with Crippen molar-refractivity contribution in [2.45, 2.75) is 57.8 Å². The lowest BCUT2D eigenvalue weighted by atomic mass is 9.77. The molecule has 3 N–H and O–H groups in total. The van der Waals surface area contributed by atoms with Crippen molar-refractivity contribution in [2.24, 2.45) is 17.6 Å². The summed E-state index contributed by atoms with van der Waals surface area (Å²) in [5, 5.41) is 3.00. The van der Waals surface area contributed by atoms with E-state index in [0.717, 1.165) is 12.8 Å². The Labute approximate surface area is 103 Å². The van der Waals surface area contributed by atoms with Gasteiger partial charge in [0.2, 0.25) is 5.91 Å². The van der Waals surface area contributed by atoms with Crippen LogP contribution in [-0.4, -0.2) is 30.2 Å². The molecule has 17 heavy (non-hydrogen) atoms. The highest BCUT2D eigenvalue weighted by Crippen LogP contribution is 2.33. The molecule has 0 radical (unpaired) electrons.